The predicted octanol–water partition coefficient (Wildman–Crippen LogP) is 34.5. The van der Waals surface area contributed by atoms with Crippen molar-refractivity contribution in [3.8, 4) is 78.4 Å². The van der Waals surface area contributed by atoms with Gasteiger partial charge in [0.25, 0.3) is 0 Å². The number of aromatic nitrogens is 14. The molecule has 0 amide bonds. The van der Waals surface area contributed by atoms with Crippen LogP contribution < -0.4 is 0 Å². The molecule has 0 unspecified atom stereocenters. The maximum Gasteiger partial charge on any atom is 0.116 e. The third kappa shape index (κ3) is 27.1. The monoisotopic (exact) mass is 1850 g/mol. The smallest absolute Gasteiger partial charge is 0.116 e. The minimum atomic E-state index is 0.929. The number of fused-ring (bicyclic) bond motifs is 30. The number of benzene rings is 12. The summed E-state index contributed by atoms with van der Waals surface area (Å²) < 4.78 is 0. The highest BCUT2D eigenvalue weighted by molar-refractivity contribution is 6.04. The fourth-order valence-corrected chi connectivity index (χ4v) is 16.9. The Balaban J connectivity index is 0.000000239. The first-order valence-corrected chi connectivity index (χ1v) is 51.3. The van der Waals surface area contributed by atoms with Crippen molar-refractivity contribution in [2.24, 2.45) is 0 Å². The lowest BCUT2D eigenvalue weighted by Crippen LogP contribution is -1.86. The van der Waals surface area contributed by atoms with E-state index in [2.05, 4.69) is 300 Å². The highest BCUT2D eigenvalue weighted by Gasteiger charge is 2.28. The lowest BCUT2D eigenvalue weighted by atomic mass is 9.99. The van der Waals surface area contributed by atoms with E-state index in [0.29, 0.717) is 0 Å². The maximum absolute atomic E-state index is 4.44. The molecule has 26 rings (SSSR count). The quantitative estimate of drug-likeness (QED) is 0.140. The second-order valence-electron chi connectivity index (χ2n) is 28.4. The molecule has 7 aliphatic rings. The van der Waals surface area contributed by atoms with Gasteiger partial charge in [-0.1, -0.05) is 418 Å². The Labute approximate surface area is 832 Å². The molecule has 0 fully saturated rings. The van der Waals surface area contributed by atoms with Crippen LogP contribution in [0.4, 0.5) is 0 Å². The summed E-state index contributed by atoms with van der Waals surface area (Å²) in [4.78, 5) is 59.3. The molecule has 139 heavy (non-hydrogen) atoms. The molecule has 19 aromatic rings. The molecule has 7 aliphatic carbocycles. The van der Waals surface area contributed by atoms with Crippen molar-refractivity contribution in [1.82, 2.24) is 69.8 Å². The molecule has 0 spiro atoms. The van der Waals surface area contributed by atoms with Crippen molar-refractivity contribution < 1.29 is 0 Å². The number of rotatable bonds is 0. The van der Waals surface area contributed by atoms with Gasteiger partial charge in [-0.05, 0) is 116 Å². The van der Waals surface area contributed by atoms with E-state index in [0.717, 1.165) is 84.8 Å². The molecule has 720 valence electrons. The molecule has 0 aliphatic heterocycles. The lowest BCUT2D eigenvalue weighted by molar-refractivity contribution is 1.07. The lowest BCUT2D eigenvalue weighted by Gasteiger charge is -2.05. The molecule has 0 radical (unpaired) electrons. The molecule has 14 nitrogen and oxygen atoms in total. The zero-order chi connectivity index (χ0) is 102. The first kappa shape index (κ1) is 113. The van der Waals surface area contributed by atoms with Gasteiger partial charge < -0.3 is 0 Å². The van der Waals surface area contributed by atoms with Gasteiger partial charge in [0.1, 0.15) is 44.3 Å². The predicted molar refractivity (Wildman–Crippen MR) is 598 cm³/mol. The zero-order valence-corrected chi connectivity index (χ0v) is 88.2. The molecule has 0 saturated heterocycles. The van der Waals surface area contributed by atoms with Gasteiger partial charge in [-0.25, -0.2) is 69.8 Å². The fraction of sp³-hybridized carbons (Fsp3) is 0.280. The Hall–Kier alpha value is -14.5. The first-order chi connectivity index (χ1) is 69.0. The number of hydrogen-bond donors (Lipinski definition) is 0. The fourth-order valence-electron chi connectivity index (χ4n) is 16.9. The molecule has 0 saturated carbocycles. The van der Waals surface area contributed by atoms with Crippen molar-refractivity contribution >= 4 is 53.9 Å². The van der Waals surface area contributed by atoms with E-state index in [9.17, 15) is 0 Å². The summed E-state index contributed by atoms with van der Waals surface area (Å²) in [6.45, 7) is 56.0. The Morgan fingerprint density at radius 2 is 0.396 bits per heavy atom. The summed E-state index contributed by atoms with van der Waals surface area (Å²) in [5.74, 6) is 0. The SMILES string of the molecule is CC.CC.CC.CC.CC.CC.CC.CC.CC.CC.CC.CC.CC.CC.c1ccc2c(c1)Cc1cncnc1-2.c1ccc2c(c1)Cc1ncncc1-2.c1ccc2c3c(ccc2c1)Cc1cncnc1-3.c1ccc2c3c(ccc2c1)Cc1cncnc1-3.c1ccc2c3c(ccc2c1)Cc1ncncc1-3.c1ccc2c3c(ccc2c1)Cc1ncncc1-3.c1ccc2cc3c(cc2c1)Cc1cncnc1-3. The average molecular weight is 1850 g/mol. The molecular weight excluding hydrogens is 1700 g/mol. The molecule has 0 N–H and O–H groups in total. The van der Waals surface area contributed by atoms with E-state index < -0.39 is 0 Å². The van der Waals surface area contributed by atoms with Gasteiger partial charge in [0.2, 0.25) is 0 Å². The second kappa shape index (κ2) is 62.3. The van der Waals surface area contributed by atoms with Crippen molar-refractivity contribution in [3.05, 3.63) is 396 Å². The van der Waals surface area contributed by atoms with Crippen molar-refractivity contribution in [2.45, 2.75) is 239 Å². The van der Waals surface area contributed by atoms with E-state index in [1.165, 1.54) is 171 Å². The Morgan fingerprint density at radius 3 is 0.777 bits per heavy atom. The Kier molecular flexibility index (Phi) is 50.7. The largest absolute Gasteiger partial charge is 0.244 e. The van der Waals surface area contributed by atoms with Gasteiger partial charge in [0.05, 0.1) is 39.9 Å². The van der Waals surface area contributed by atoms with Crippen molar-refractivity contribution in [1.29, 1.82) is 0 Å². The van der Waals surface area contributed by atoms with Crippen LogP contribution in [0.25, 0.3) is 132 Å². The van der Waals surface area contributed by atoms with Crippen molar-refractivity contribution in [2.75, 3.05) is 0 Å². The van der Waals surface area contributed by atoms with E-state index in [1.807, 2.05) is 237 Å². The van der Waals surface area contributed by atoms with Gasteiger partial charge in [-0.15, -0.1) is 0 Å². The third-order valence-corrected chi connectivity index (χ3v) is 22.0. The Morgan fingerprint density at radius 1 is 0.151 bits per heavy atom. The molecule has 0 bridgehead atoms. The summed E-state index contributed by atoms with van der Waals surface area (Å²) in [6, 6.07) is 81.3. The first-order valence-electron chi connectivity index (χ1n) is 51.3. The van der Waals surface area contributed by atoms with Crippen molar-refractivity contribution in [3.63, 3.8) is 0 Å². The summed E-state index contributed by atoms with van der Waals surface area (Å²) in [6.07, 6.45) is 31.5. The van der Waals surface area contributed by atoms with Crippen LogP contribution in [0.3, 0.4) is 0 Å². The summed E-state index contributed by atoms with van der Waals surface area (Å²) in [7, 11) is 0. The van der Waals surface area contributed by atoms with Crippen LogP contribution >= 0.6 is 0 Å². The van der Waals surface area contributed by atoms with Gasteiger partial charge in [0, 0.05) is 150 Å². The van der Waals surface area contributed by atoms with Crippen LogP contribution in [0.1, 0.15) is 272 Å². The maximum atomic E-state index is 4.44. The minimum Gasteiger partial charge on any atom is -0.244 e. The van der Waals surface area contributed by atoms with Gasteiger partial charge in [-0.2, -0.15) is 0 Å². The molecule has 0 atom stereocenters. The third-order valence-electron chi connectivity index (χ3n) is 22.0. The zero-order valence-electron chi connectivity index (χ0n) is 88.2. The molecule has 14 heteroatoms. The average Bonchev–Trinajstić information content (AvgIpc) is 1.62. The summed E-state index contributed by atoms with van der Waals surface area (Å²) in [5.41, 5.74) is 34.9. The minimum absolute atomic E-state index is 0.929. The Bertz CT molecular complexity index is 6180. The van der Waals surface area contributed by atoms with E-state index in [-0.39, 0.29) is 0 Å². The van der Waals surface area contributed by atoms with Gasteiger partial charge in [0.15, 0.2) is 0 Å². The van der Waals surface area contributed by atoms with Crippen LogP contribution in [-0.2, 0) is 44.9 Å². The highest BCUT2D eigenvalue weighted by atomic mass is 14.9. The highest BCUT2D eigenvalue weighted by Crippen LogP contribution is 2.45. The molecule has 7 heterocycles. The molecular formula is C125H150N14. The summed E-state index contributed by atoms with van der Waals surface area (Å²) in [5, 5.41) is 12.9. The van der Waals surface area contributed by atoms with E-state index in [1.54, 1.807) is 44.3 Å². The van der Waals surface area contributed by atoms with Crippen LogP contribution in [0.5, 0.6) is 0 Å². The van der Waals surface area contributed by atoms with E-state index in [4.69, 9.17) is 0 Å². The normalized spacial score (nSPS) is 10.5. The standard InChI is InChI=1S/5C15H10N2.2C11H8N2.14C2H6/c1-2-4-11-7-14-12(5-10(11)3-1)6-13-8-16-9-17-15(13)14;2*1-2-4-13-10(3-1)5-6-11-7-12-8-16-9-17-15(12)14(11)13;2*1-2-4-12-10(3-1)5-6-11-7-14-13(15(11)12)8-16-9-17-14;1-2-4-10-8(3-1)5-9-6-12-7-13-11(9)10;1-2-4-9-8(3-1)5-11-10(9)6-12-7-13-11;14*1-2/h1-5,7-9H,6H2;4*1-6,8-9H,7H2;2*1-4,6-7H,5H2;14*1-2H3. The van der Waals surface area contributed by atoms with Gasteiger partial charge >= 0.3 is 0 Å². The molecule has 7 aromatic heterocycles. The van der Waals surface area contributed by atoms with Crippen LogP contribution in [0.2, 0.25) is 0 Å². The van der Waals surface area contributed by atoms with E-state index >= 15 is 0 Å². The van der Waals surface area contributed by atoms with Crippen LogP contribution in [0.15, 0.2) is 318 Å². The summed E-state index contributed by atoms with van der Waals surface area (Å²) >= 11 is 0. The van der Waals surface area contributed by atoms with Gasteiger partial charge in [-0.3, -0.25) is 0 Å². The van der Waals surface area contributed by atoms with Crippen LogP contribution in [0, 0.1) is 0 Å². The number of hydrogen-bond acceptors (Lipinski definition) is 14. The second-order valence-corrected chi connectivity index (χ2v) is 28.4. The number of nitrogens with zero attached hydrogens (tertiary/aromatic N) is 14. The molecule has 12 aromatic carbocycles. The van der Waals surface area contributed by atoms with Crippen LogP contribution in [-0.4, -0.2) is 69.8 Å². The topological polar surface area (TPSA) is 180 Å².